The highest BCUT2D eigenvalue weighted by atomic mass is 32.2. The molecular weight excluding hydrogens is 384 g/mol. The van der Waals surface area contributed by atoms with E-state index < -0.39 is 15.4 Å². The molecule has 5 heteroatoms. The molecule has 2 unspecified atom stereocenters. The number of unbranched alkanes of at least 4 members (excludes halogenated alkanes) is 15. The van der Waals surface area contributed by atoms with E-state index in [1.54, 1.807) is 0 Å². The molecule has 0 aromatic heterocycles. The highest BCUT2D eigenvalue weighted by molar-refractivity contribution is 7.86. The molecule has 0 radical (unpaired) electrons. The van der Waals surface area contributed by atoms with Gasteiger partial charge in [0, 0.05) is 0 Å². The molecule has 0 aromatic rings. The minimum absolute atomic E-state index is 0.0819. The lowest BCUT2D eigenvalue weighted by molar-refractivity contribution is 0.156. The quantitative estimate of drug-likeness (QED) is 0.137. The monoisotopic (exact) mass is 434 g/mol. The van der Waals surface area contributed by atoms with Gasteiger partial charge in [-0.1, -0.05) is 117 Å². The molecular formula is C24H50O4S. The maximum Gasteiger partial charge on any atom is 0.267 e. The van der Waals surface area contributed by atoms with Crippen LogP contribution in [0, 0.1) is 0 Å². The Labute approximate surface area is 182 Å². The van der Waals surface area contributed by atoms with Crippen molar-refractivity contribution in [3.63, 3.8) is 0 Å². The van der Waals surface area contributed by atoms with Crippen molar-refractivity contribution in [2.45, 2.75) is 154 Å². The smallest absolute Gasteiger partial charge is 0.267 e. The summed E-state index contributed by atoms with van der Waals surface area (Å²) in [7, 11) is -3.85. The Hall–Kier alpha value is -0.130. The molecule has 0 heterocycles. The van der Waals surface area contributed by atoms with E-state index in [2.05, 4.69) is 0 Å². The Morgan fingerprint density at radius 3 is 1.14 bits per heavy atom. The molecule has 0 spiro atoms. The summed E-state index contributed by atoms with van der Waals surface area (Å²) >= 11 is 0. The summed E-state index contributed by atoms with van der Waals surface area (Å²) in [6.45, 7) is 3.87. The summed E-state index contributed by atoms with van der Waals surface area (Å²) in [6.07, 6.45) is 23.2. The maximum absolute atomic E-state index is 11.1. The summed E-state index contributed by atoms with van der Waals surface area (Å²) in [6, 6.07) is 0. The molecule has 29 heavy (non-hydrogen) atoms. The second-order valence-electron chi connectivity index (χ2n) is 8.84. The van der Waals surface area contributed by atoms with Gasteiger partial charge in [-0.2, -0.15) is 8.42 Å². The van der Waals surface area contributed by atoms with Gasteiger partial charge in [-0.3, -0.25) is 4.55 Å². The standard InChI is InChI=1S/C24H50O4S/c1-3-23(25)21-19-17-15-13-11-9-7-5-6-8-10-12-14-16-18-20-22-24(4-2)29(26,27)28/h23-25H,3-22H2,1-2H3,(H,26,27,28). The number of aliphatic hydroxyl groups excluding tert-OH is 1. The summed E-state index contributed by atoms with van der Waals surface area (Å²) in [5.41, 5.74) is 0. The first kappa shape index (κ1) is 28.9. The topological polar surface area (TPSA) is 74.6 Å². The SMILES string of the molecule is CCC(O)CCCCCCCCCCCCCCCCCCC(CC)S(=O)(=O)O. The van der Waals surface area contributed by atoms with Crippen LogP contribution in [0.1, 0.15) is 142 Å². The van der Waals surface area contributed by atoms with Crippen molar-refractivity contribution in [1.29, 1.82) is 0 Å². The maximum atomic E-state index is 11.1. The molecule has 176 valence electrons. The van der Waals surface area contributed by atoms with Gasteiger partial charge in [0.15, 0.2) is 0 Å². The average molecular weight is 435 g/mol. The van der Waals surface area contributed by atoms with E-state index in [1.807, 2.05) is 13.8 Å². The van der Waals surface area contributed by atoms with Crippen molar-refractivity contribution < 1.29 is 18.1 Å². The van der Waals surface area contributed by atoms with Crippen molar-refractivity contribution in [3.8, 4) is 0 Å². The van der Waals surface area contributed by atoms with E-state index in [0.717, 1.165) is 25.7 Å². The van der Waals surface area contributed by atoms with Crippen LogP contribution in [0.3, 0.4) is 0 Å². The van der Waals surface area contributed by atoms with E-state index in [-0.39, 0.29) is 6.10 Å². The third-order valence-electron chi connectivity index (χ3n) is 6.16. The molecule has 0 aromatic carbocycles. The third-order valence-corrected chi connectivity index (χ3v) is 7.57. The molecule has 0 rings (SSSR count). The zero-order valence-corrected chi connectivity index (χ0v) is 20.2. The molecule has 2 N–H and O–H groups in total. The first-order valence-corrected chi connectivity index (χ1v) is 14.1. The van der Waals surface area contributed by atoms with Crippen LogP contribution in [-0.4, -0.2) is 29.4 Å². The Balaban J connectivity index is 3.21. The van der Waals surface area contributed by atoms with Crippen molar-refractivity contribution in [1.82, 2.24) is 0 Å². The lowest BCUT2D eigenvalue weighted by atomic mass is 10.0. The van der Waals surface area contributed by atoms with Gasteiger partial charge < -0.3 is 5.11 Å². The molecule has 0 aliphatic carbocycles. The normalized spacial score (nSPS) is 14.2. The molecule has 0 amide bonds. The fourth-order valence-corrected chi connectivity index (χ4v) is 4.88. The molecule has 0 saturated carbocycles. The van der Waals surface area contributed by atoms with E-state index in [1.165, 1.54) is 89.9 Å². The van der Waals surface area contributed by atoms with Crippen LogP contribution in [0.4, 0.5) is 0 Å². The van der Waals surface area contributed by atoms with Crippen molar-refractivity contribution in [3.05, 3.63) is 0 Å². The van der Waals surface area contributed by atoms with Crippen LogP contribution in [0.25, 0.3) is 0 Å². The van der Waals surface area contributed by atoms with E-state index in [4.69, 9.17) is 4.55 Å². The number of rotatable bonds is 22. The molecule has 0 aliphatic heterocycles. The first-order chi connectivity index (χ1) is 13.9. The zero-order valence-electron chi connectivity index (χ0n) is 19.4. The van der Waals surface area contributed by atoms with E-state index in [0.29, 0.717) is 12.8 Å². The van der Waals surface area contributed by atoms with Gasteiger partial charge in [0.05, 0.1) is 11.4 Å². The van der Waals surface area contributed by atoms with Crippen LogP contribution in [-0.2, 0) is 10.1 Å². The molecule has 0 saturated heterocycles. The number of hydrogen-bond donors (Lipinski definition) is 2. The highest BCUT2D eigenvalue weighted by Crippen LogP contribution is 2.17. The Bertz CT molecular complexity index is 436. The summed E-state index contributed by atoms with van der Waals surface area (Å²) in [4.78, 5) is 0. The van der Waals surface area contributed by atoms with Gasteiger partial charge in [-0.25, -0.2) is 0 Å². The predicted octanol–water partition coefficient (Wildman–Crippen LogP) is 7.45. The van der Waals surface area contributed by atoms with Gasteiger partial charge >= 0.3 is 0 Å². The lowest BCUT2D eigenvalue weighted by Gasteiger charge is -2.10. The Morgan fingerprint density at radius 2 is 0.862 bits per heavy atom. The van der Waals surface area contributed by atoms with Crippen LogP contribution in [0.5, 0.6) is 0 Å². The zero-order chi connectivity index (χ0) is 21.8. The van der Waals surface area contributed by atoms with E-state index >= 15 is 0 Å². The van der Waals surface area contributed by atoms with Gasteiger partial charge in [0.1, 0.15) is 0 Å². The van der Waals surface area contributed by atoms with Crippen LogP contribution < -0.4 is 0 Å². The summed E-state index contributed by atoms with van der Waals surface area (Å²) in [5.74, 6) is 0. The van der Waals surface area contributed by atoms with Crippen molar-refractivity contribution in [2.75, 3.05) is 0 Å². The first-order valence-electron chi connectivity index (χ1n) is 12.6. The Morgan fingerprint density at radius 1 is 0.552 bits per heavy atom. The van der Waals surface area contributed by atoms with Gasteiger partial charge in [0.25, 0.3) is 10.1 Å². The summed E-state index contributed by atoms with van der Waals surface area (Å²) in [5, 5.41) is 8.94. The fourth-order valence-electron chi connectivity index (χ4n) is 3.99. The second-order valence-corrected chi connectivity index (χ2v) is 10.5. The van der Waals surface area contributed by atoms with Gasteiger partial charge in [-0.15, -0.1) is 0 Å². The average Bonchev–Trinajstić information content (AvgIpc) is 2.68. The summed E-state index contributed by atoms with van der Waals surface area (Å²) < 4.78 is 31.4. The highest BCUT2D eigenvalue weighted by Gasteiger charge is 2.19. The largest absolute Gasteiger partial charge is 0.393 e. The van der Waals surface area contributed by atoms with Crippen LogP contribution >= 0.6 is 0 Å². The third kappa shape index (κ3) is 19.6. The number of aliphatic hydroxyl groups is 1. The van der Waals surface area contributed by atoms with Gasteiger partial charge in [0.2, 0.25) is 0 Å². The minimum Gasteiger partial charge on any atom is -0.393 e. The molecule has 2 atom stereocenters. The van der Waals surface area contributed by atoms with E-state index in [9.17, 15) is 13.5 Å². The molecule has 0 aliphatic rings. The minimum atomic E-state index is -3.85. The predicted molar refractivity (Wildman–Crippen MR) is 125 cm³/mol. The lowest BCUT2D eigenvalue weighted by Crippen LogP contribution is -2.19. The van der Waals surface area contributed by atoms with Crippen molar-refractivity contribution in [2.24, 2.45) is 0 Å². The van der Waals surface area contributed by atoms with Gasteiger partial charge in [-0.05, 0) is 25.7 Å². The number of hydrogen-bond acceptors (Lipinski definition) is 3. The molecule has 4 nitrogen and oxygen atoms in total. The van der Waals surface area contributed by atoms with Crippen LogP contribution in [0.2, 0.25) is 0 Å². The van der Waals surface area contributed by atoms with Crippen LogP contribution in [0.15, 0.2) is 0 Å². The van der Waals surface area contributed by atoms with Crippen molar-refractivity contribution >= 4 is 10.1 Å². The molecule has 0 fully saturated rings. The molecule has 0 bridgehead atoms. The fraction of sp³-hybridized carbons (Fsp3) is 1.00. The Kier molecular flexibility index (Phi) is 19.7. The second kappa shape index (κ2) is 19.8.